The average Bonchev–Trinajstić information content (AvgIpc) is 3.07. The molecule has 7 heteroatoms. The molecule has 134 valence electrons. The van der Waals surface area contributed by atoms with Gasteiger partial charge in [-0.15, -0.1) is 0 Å². The molecular weight excluding hydrogens is 358 g/mol. The summed E-state index contributed by atoms with van der Waals surface area (Å²) in [6.07, 6.45) is 3.19. The number of para-hydroxylation sites is 3. The minimum absolute atomic E-state index is 0.169. The minimum Gasteiger partial charge on any atom is -0.294 e. The number of aromatic nitrogens is 4. The Hall–Kier alpha value is -3.19. The predicted octanol–water partition coefficient (Wildman–Crippen LogP) is 3.93. The van der Waals surface area contributed by atoms with Gasteiger partial charge >= 0.3 is 0 Å². The van der Waals surface area contributed by atoms with Gasteiger partial charge in [0.1, 0.15) is 0 Å². The lowest BCUT2D eigenvalue weighted by molar-refractivity contribution is -0.115. The highest BCUT2D eigenvalue weighted by Gasteiger charge is 2.20. The molecule has 0 saturated carbocycles. The highest BCUT2D eigenvalue weighted by molar-refractivity contribution is 8.00. The van der Waals surface area contributed by atoms with Crippen molar-refractivity contribution >= 4 is 34.7 Å². The SMILES string of the molecule is CC(Sc1nc2ccccc2n1-c1ccccc1)C(=O)Nc1ncccn1. The summed E-state index contributed by atoms with van der Waals surface area (Å²) in [5.41, 5.74) is 2.90. The van der Waals surface area contributed by atoms with E-state index < -0.39 is 0 Å². The third-order valence-corrected chi connectivity index (χ3v) is 5.05. The first-order valence-corrected chi connectivity index (χ1v) is 9.38. The zero-order valence-electron chi connectivity index (χ0n) is 14.6. The fraction of sp³-hybridized carbons (Fsp3) is 0.100. The van der Waals surface area contributed by atoms with Crippen LogP contribution in [-0.4, -0.2) is 30.7 Å². The summed E-state index contributed by atoms with van der Waals surface area (Å²) < 4.78 is 2.07. The molecule has 0 aliphatic carbocycles. The van der Waals surface area contributed by atoms with Crippen molar-refractivity contribution in [2.24, 2.45) is 0 Å². The largest absolute Gasteiger partial charge is 0.294 e. The molecular formula is C20H17N5OS. The fourth-order valence-corrected chi connectivity index (χ4v) is 3.64. The topological polar surface area (TPSA) is 72.7 Å². The van der Waals surface area contributed by atoms with Gasteiger partial charge in [0.2, 0.25) is 11.9 Å². The molecule has 4 aromatic rings. The van der Waals surface area contributed by atoms with E-state index in [2.05, 4.69) is 19.9 Å². The van der Waals surface area contributed by atoms with Gasteiger partial charge < -0.3 is 0 Å². The zero-order chi connectivity index (χ0) is 18.6. The number of fused-ring (bicyclic) bond motifs is 1. The molecule has 2 aromatic carbocycles. The number of hydrogen-bond acceptors (Lipinski definition) is 5. The van der Waals surface area contributed by atoms with Crippen molar-refractivity contribution in [3.63, 3.8) is 0 Å². The van der Waals surface area contributed by atoms with E-state index in [9.17, 15) is 4.79 Å². The van der Waals surface area contributed by atoms with Crippen LogP contribution in [0.1, 0.15) is 6.92 Å². The number of anilines is 1. The van der Waals surface area contributed by atoms with E-state index >= 15 is 0 Å². The number of nitrogens with one attached hydrogen (secondary N) is 1. The van der Waals surface area contributed by atoms with E-state index in [1.807, 2.05) is 61.5 Å². The maximum absolute atomic E-state index is 12.5. The molecule has 1 atom stereocenters. The van der Waals surface area contributed by atoms with Crippen LogP contribution in [0.25, 0.3) is 16.7 Å². The van der Waals surface area contributed by atoms with Gasteiger partial charge in [0.25, 0.3) is 0 Å². The van der Waals surface area contributed by atoms with Crippen LogP contribution in [0.3, 0.4) is 0 Å². The Bertz CT molecular complexity index is 1070. The normalized spacial score (nSPS) is 12.0. The number of thioether (sulfide) groups is 1. The molecule has 4 rings (SSSR count). The van der Waals surface area contributed by atoms with Gasteiger partial charge in [0.05, 0.1) is 16.3 Å². The van der Waals surface area contributed by atoms with Crippen LogP contribution in [0, 0.1) is 0 Å². The van der Waals surface area contributed by atoms with E-state index in [1.165, 1.54) is 11.8 Å². The molecule has 0 saturated heterocycles. The maximum atomic E-state index is 12.5. The molecule has 1 N–H and O–H groups in total. The number of imidazole rings is 1. The van der Waals surface area contributed by atoms with Crippen LogP contribution < -0.4 is 5.32 Å². The summed E-state index contributed by atoms with van der Waals surface area (Å²) in [6.45, 7) is 1.84. The predicted molar refractivity (Wildman–Crippen MR) is 107 cm³/mol. The maximum Gasteiger partial charge on any atom is 0.240 e. The molecule has 27 heavy (non-hydrogen) atoms. The second kappa shape index (κ2) is 7.59. The van der Waals surface area contributed by atoms with Crippen LogP contribution >= 0.6 is 11.8 Å². The Morgan fingerprint density at radius 2 is 1.70 bits per heavy atom. The smallest absolute Gasteiger partial charge is 0.240 e. The van der Waals surface area contributed by atoms with Crippen LogP contribution in [0.2, 0.25) is 0 Å². The number of carbonyl (C=O) groups excluding carboxylic acids is 1. The molecule has 0 aliphatic heterocycles. The lowest BCUT2D eigenvalue weighted by Crippen LogP contribution is -2.24. The van der Waals surface area contributed by atoms with Gasteiger partial charge in [-0.3, -0.25) is 14.7 Å². The van der Waals surface area contributed by atoms with Gasteiger partial charge in [0, 0.05) is 18.1 Å². The van der Waals surface area contributed by atoms with Crippen molar-refractivity contribution in [2.75, 3.05) is 5.32 Å². The Balaban J connectivity index is 1.64. The van der Waals surface area contributed by atoms with Crippen molar-refractivity contribution in [3.05, 3.63) is 73.1 Å². The fourth-order valence-electron chi connectivity index (χ4n) is 2.70. The third kappa shape index (κ3) is 3.68. The third-order valence-electron chi connectivity index (χ3n) is 4.00. The monoisotopic (exact) mass is 375 g/mol. The molecule has 2 aromatic heterocycles. The number of nitrogens with zero attached hydrogens (tertiary/aromatic N) is 4. The first-order valence-electron chi connectivity index (χ1n) is 8.50. The Morgan fingerprint density at radius 3 is 2.48 bits per heavy atom. The van der Waals surface area contributed by atoms with E-state index in [0.29, 0.717) is 5.95 Å². The molecule has 0 fully saturated rings. The van der Waals surface area contributed by atoms with Gasteiger partial charge in [-0.25, -0.2) is 15.0 Å². The summed E-state index contributed by atoms with van der Waals surface area (Å²) in [5.74, 6) is 0.129. The van der Waals surface area contributed by atoms with E-state index in [-0.39, 0.29) is 11.2 Å². The van der Waals surface area contributed by atoms with Crippen molar-refractivity contribution < 1.29 is 4.79 Å². The number of amides is 1. The van der Waals surface area contributed by atoms with Crippen molar-refractivity contribution in [1.82, 2.24) is 19.5 Å². The van der Waals surface area contributed by atoms with E-state index in [4.69, 9.17) is 4.98 Å². The molecule has 0 radical (unpaired) electrons. The molecule has 1 amide bonds. The Kier molecular flexibility index (Phi) is 4.84. The van der Waals surface area contributed by atoms with Crippen LogP contribution in [-0.2, 0) is 4.79 Å². The summed E-state index contributed by atoms with van der Waals surface area (Å²) in [7, 11) is 0. The highest BCUT2D eigenvalue weighted by Crippen LogP contribution is 2.30. The molecule has 0 aliphatic rings. The minimum atomic E-state index is -0.368. The van der Waals surface area contributed by atoms with Gasteiger partial charge in [0.15, 0.2) is 5.16 Å². The molecule has 0 spiro atoms. The standard InChI is InChI=1S/C20H17N5OS/c1-14(18(26)24-19-21-12-7-13-22-19)27-20-23-16-10-5-6-11-17(16)25(20)15-8-3-2-4-9-15/h2-14H,1H3,(H,21,22,24,26). The summed E-state index contributed by atoms with van der Waals surface area (Å²) in [5, 5.41) is 3.13. The summed E-state index contributed by atoms with van der Waals surface area (Å²) >= 11 is 1.40. The Labute approximate surface area is 160 Å². The lowest BCUT2D eigenvalue weighted by Gasteiger charge is -2.13. The second-order valence-corrected chi connectivity index (χ2v) is 7.18. The molecule has 0 bridgehead atoms. The zero-order valence-corrected chi connectivity index (χ0v) is 15.4. The van der Waals surface area contributed by atoms with Crippen LogP contribution in [0.15, 0.2) is 78.2 Å². The second-order valence-electron chi connectivity index (χ2n) is 5.88. The van der Waals surface area contributed by atoms with Crippen molar-refractivity contribution in [2.45, 2.75) is 17.3 Å². The molecule has 2 heterocycles. The van der Waals surface area contributed by atoms with Crippen molar-refractivity contribution in [1.29, 1.82) is 0 Å². The highest BCUT2D eigenvalue weighted by atomic mass is 32.2. The number of carbonyl (C=O) groups is 1. The van der Waals surface area contributed by atoms with Crippen LogP contribution in [0.4, 0.5) is 5.95 Å². The molecule has 1 unspecified atom stereocenters. The average molecular weight is 375 g/mol. The van der Waals surface area contributed by atoms with Crippen molar-refractivity contribution in [3.8, 4) is 5.69 Å². The van der Waals surface area contributed by atoms with Gasteiger partial charge in [-0.1, -0.05) is 42.1 Å². The summed E-state index contributed by atoms with van der Waals surface area (Å²) in [4.78, 5) is 25.3. The van der Waals surface area contributed by atoms with E-state index in [0.717, 1.165) is 21.9 Å². The number of benzene rings is 2. The van der Waals surface area contributed by atoms with Gasteiger partial charge in [-0.05, 0) is 37.3 Å². The lowest BCUT2D eigenvalue weighted by atomic mass is 10.3. The number of rotatable bonds is 5. The first-order chi connectivity index (χ1) is 13.2. The first kappa shape index (κ1) is 17.2. The van der Waals surface area contributed by atoms with Gasteiger partial charge in [-0.2, -0.15) is 0 Å². The van der Waals surface area contributed by atoms with E-state index in [1.54, 1.807) is 18.5 Å². The molecule has 6 nitrogen and oxygen atoms in total. The Morgan fingerprint density at radius 1 is 1.00 bits per heavy atom. The quantitative estimate of drug-likeness (QED) is 0.535. The van der Waals surface area contributed by atoms with Crippen LogP contribution in [0.5, 0.6) is 0 Å². The number of hydrogen-bond donors (Lipinski definition) is 1. The summed E-state index contributed by atoms with van der Waals surface area (Å²) in [6, 6.07) is 19.7.